The van der Waals surface area contributed by atoms with Crippen molar-refractivity contribution in [2.24, 2.45) is 23.2 Å². The van der Waals surface area contributed by atoms with Crippen molar-refractivity contribution in [1.82, 2.24) is 42.1 Å². The molecule has 0 aromatic carbocycles. The highest BCUT2D eigenvalue weighted by atomic mass is 16.5. The van der Waals surface area contributed by atoms with Gasteiger partial charge in [-0.3, -0.25) is 28.8 Å². The van der Waals surface area contributed by atoms with Gasteiger partial charge in [0.15, 0.2) is 0 Å². The van der Waals surface area contributed by atoms with Crippen molar-refractivity contribution >= 4 is 35.4 Å². The third kappa shape index (κ3) is 18.1. The molecule has 1 saturated heterocycles. The van der Waals surface area contributed by atoms with Crippen LogP contribution in [0.4, 0.5) is 0 Å². The van der Waals surface area contributed by atoms with Crippen LogP contribution in [0, 0.1) is 46.9 Å². The quantitative estimate of drug-likeness (QED) is 0.0589. The van der Waals surface area contributed by atoms with E-state index in [2.05, 4.69) is 60.9 Å². The Morgan fingerprint density at radius 2 is 1.21 bits per heavy atom. The molecule has 16 nitrogen and oxygen atoms in total. The van der Waals surface area contributed by atoms with Crippen LogP contribution in [0.25, 0.3) is 0 Å². The van der Waals surface area contributed by atoms with Gasteiger partial charge < -0.3 is 51.6 Å². The van der Waals surface area contributed by atoms with Crippen molar-refractivity contribution < 1.29 is 38.2 Å². The van der Waals surface area contributed by atoms with Crippen LogP contribution in [0.5, 0.6) is 0 Å². The molecule has 1 aliphatic heterocycles. The van der Waals surface area contributed by atoms with E-state index in [4.69, 9.17) is 9.47 Å². The SMILES string of the molecule is CC[C@@H](NC)C(=O)N[C@@H](C(=O)N[C@@H](C)C(=O)N[C@H](COCC#CC#CCOC[C@@H](NC(=O)C1CCCN1C(=O)[C@@H](NC(=O)[C@H](C)NC)C(C)(C)C)C1CCCCC1)C(C)C)C1CCCCC1. The Kier molecular flexibility index (Phi) is 24.5. The van der Waals surface area contributed by atoms with Crippen molar-refractivity contribution in [3.8, 4) is 23.7 Å². The van der Waals surface area contributed by atoms with Gasteiger partial charge in [-0.25, -0.2) is 0 Å². The van der Waals surface area contributed by atoms with E-state index in [-0.39, 0.29) is 91.7 Å². The molecular weight excluding hydrogens is 841 g/mol. The average Bonchev–Trinajstić information content (AvgIpc) is 3.80. The Hall–Kier alpha value is -4.22. The van der Waals surface area contributed by atoms with Gasteiger partial charge in [0.05, 0.1) is 37.4 Å². The van der Waals surface area contributed by atoms with Gasteiger partial charge in [0.2, 0.25) is 35.4 Å². The summed E-state index contributed by atoms with van der Waals surface area (Å²) >= 11 is 0. The van der Waals surface area contributed by atoms with Gasteiger partial charge in [0.25, 0.3) is 0 Å². The summed E-state index contributed by atoms with van der Waals surface area (Å²) in [6, 6.07) is -4.39. The minimum absolute atomic E-state index is 0.0127. The summed E-state index contributed by atoms with van der Waals surface area (Å²) in [6.45, 7) is 16.1. The zero-order chi connectivity index (χ0) is 48.8. The fraction of sp³-hybridized carbons (Fsp3) is 0.800. The highest BCUT2D eigenvalue weighted by Crippen LogP contribution is 2.30. The lowest BCUT2D eigenvalue weighted by Gasteiger charge is -2.37. The second-order valence-electron chi connectivity index (χ2n) is 19.9. The summed E-state index contributed by atoms with van der Waals surface area (Å²) < 4.78 is 11.8. The predicted octanol–water partition coefficient (Wildman–Crippen LogP) is 2.93. The van der Waals surface area contributed by atoms with Crippen molar-refractivity contribution in [2.45, 2.75) is 187 Å². The molecule has 2 saturated carbocycles. The first-order valence-corrected chi connectivity index (χ1v) is 24.7. The lowest BCUT2D eigenvalue weighted by Crippen LogP contribution is -2.60. The molecule has 2 aliphatic carbocycles. The zero-order valence-corrected chi connectivity index (χ0v) is 41.8. The van der Waals surface area contributed by atoms with E-state index < -0.39 is 41.7 Å². The van der Waals surface area contributed by atoms with Crippen molar-refractivity contribution in [1.29, 1.82) is 0 Å². The second kappa shape index (κ2) is 28.8. The maximum atomic E-state index is 14.0. The molecule has 1 unspecified atom stereocenters. The lowest BCUT2D eigenvalue weighted by atomic mass is 9.83. The minimum atomic E-state index is -0.825. The fourth-order valence-corrected chi connectivity index (χ4v) is 8.98. The fourth-order valence-electron chi connectivity index (χ4n) is 8.98. The molecule has 0 radical (unpaired) electrons. The third-order valence-corrected chi connectivity index (χ3v) is 13.5. The first-order valence-electron chi connectivity index (χ1n) is 24.7. The summed E-state index contributed by atoms with van der Waals surface area (Å²) in [7, 11) is 3.42. The van der Waals surface area contributed by atoms with Gasteiger partial charge in [0, 0.05) is 6.54 Å². The maximum Gasteiger partial charge on any atom is 0.246 e. The largest absolute Gasteiger partial charge is 0.367 e. The highest BCUT2D eigenvalue weighted by Gasteiger charge is 2.43. The number of carbonyl (C=O) groups is 6. The van der Waals surface area contributed by atoms with Crippen LogP contribution in [0.15, 0.2) is 0 Å². The van der Waals surface area contributed by atoms with Crippen molar-refractivity contribution in [2.75, 3.05) is 47.1 Å². The Bertz CT molecular complexity index is 1700. The van der Waals surface area contributed by atoms with Crippen LogP contribution in [0.1, 0.15) is 139 Å². The number of hydrogen-bond acceptors (Lipinski definition) is 10. The van der Waals surface area contributed by atoms with Gasteiger partial charge in [-0.05, 0) is 108 Å². The van der Waals surface area contributed by atoms with Gasteiger partial charge in [-0.1, -0.05) is 91.9 Å². The molecule has 3 aliphatic rings. The van der Waals surface area contributed by atoms with E-state index >= 15 is 0 Å². The summed E-state index contributed by atoms with van der Waals surface area (Å²) in [5.41, 5.74) is -0.564. The third-order valence-electron chi connectivity index (χ3n) is 13.5. The Labute approximate surface area is 395 Å². The van der Waals surface area contributed by atoms with Crippen LogP contribution in [-0.2, 0) is 38.2 Å². The molecule has 7 N–H and O–H groups in total. The van der Waals surface area contributed by atoms with Crippen LogP contribution in [0.2, 0.25) is 0 Å². The van der Waals surface area contributed by atoms with Gasteiger partial charge in [0.1, 0.15) is 37.4 Å². The first kappa shape index (κ1) is 56.1. The molecule has 6 amide bonds. The summed E-state index contributed by atoms with van der Waals surface area (Å²) in [5, 5.41) is 20.9. The summed E-state index contributed by atoms with van der Waals surface area (Å²) in [4.78, 5) is 82.1. The predicted molar refractivity (Wildman–Crippen MR) is 256 cm³/mol. The van der Waals surface area contributed by atoms with Crippen LogP contribution < -0.4 is 37.2 Å². The molecule has 3 rings (SSSR count). The molecule has 0 bridgehead atoms. The van der Waals surface area contributed by atoms with E-state index in [1.54, 1.807) is 32.8 Å². The molecule has 66 heavy (non-hydrogen) atoms. The number of likely N-dealkylation sites (tertiary alicyclic amines) is 1. The maximum absolute atomic E-state index is 14.0. The minimum Gasteiger partial charge on any atom is -0.367 e. The Morgan fingerprint density at radius 1 is 0.636 bits per heavy atom. The van der Waals surface area contributed by atoms with E-state index in [0.29, 0.717) is 25.8 Å². The standard InChI is InChI=1S/C50H84N8O8/c1-11-38(52-10)46(61)56-42(37-25-18-15-19-26-37)48(63)53-35(5)45(60)54-39(33(2)3)31-65-29-20-12-13-21-30-66-32-40(36-23-16-14-17-24-36)55-47(62)41-27-22-28-58(41)49(64)43(50(6,7)8)57-44(59)34(4)51-9/h33-43,51-52H,11,14-19,22-32H2,1-10H3,(H,53,63)(H,54,60)(H,55,62)(H,56,61)(H,57,59)/t34-,35-,38+,39+,40+,41?,42+,43+/m0/s1. The molecule has 1 heterocycles. The number of nitrogens with one attached hydrogen (secondary N) is 7. The number of rotatable bonds is 23. The molecule has 8 atom stereocenters. The van der Waals surface area contributed by atoms with Crippen LogP contribution in [0.3, 0.4) is 0 Å². The average molecular weight is 925 g/mol. The lowest BCUT2D eigenvalue weighted by molar-refractivity contribution is -0.144. The van der Waals surface area contributed by atoms with Crippen LogP contribution in [-0.4, -0.2) is 136 Å². The second-order valence-corrected chi connectivity index (χ2v) is 19.9. The molecule has 0 aromatic heterocycles. The Morgan fingerprint density at radius 3 is 1.76 bits per heavy atom. The monoisotopic (exact) mass is 925 g/mol. The topological polar surface area (TPSA) is 208 Å². The van der Waals surface area contributed by atoms with Gasteiger partial charge in [-0.15, -0.1) is 0 Å². The molecule has 16 heteroatoms. The van der Waals surface area contributed by atoms with Crippen molar-refractivity contribution in [3.05, 3.63) is 0 Å². The normalized spacial score (nSPS) is 20.2. The number of carbonyl (C=O) groups excluding carboxylic acids is 6. The number of nitrogens with zero attached hydrogens (tertiary/aromatic N) is 1. The Balaban J connectivity index is 1.50. The van der Waals surface area contributed by atoms with Crippen molar-refractivity contribution in [3.63, 3.8) is 0 Å². The number of amides is 6. The smallest absolute Gasteiger partial charge is 0.246 e. The van der Waals surface area contributed by atoms with E-state index in [1.165, 1.54) is 0 Å². The number of hydrogen-bond donors (Lipinski definition) is 7. The van der Waals surface area contributed by atoms with Crippen LogP contribution >= 0.6 is 0 Å². The molecule has 0 spiro atoms. The van der Waals surface area contributed by atoms with E-state index in [1.807, 2.05) is 41.5 Å². The van der Waals surface area contributed by atoms with E-state index in [9.17, 15) is 28.8 Å². The van der Waals surface area contributed by atoms with E-state index in [0.717, 1.165) is 64.2 Å². The number of likely N-dealkylation sites (N-methyl/N-ethyl adjacent to an activating group) is 2. The molecular formula is C50H84N8O8. The molecule has 372 valence electrons. The number of ether oxygens (including phenoxy) is 2. The molecule has 0 aromatic rings. The van der Waals surface area contributed by atoms with Gasteiger partial charge >= 0.3 is 0 Å². The highest BCUT2D eigenvalue weighted by molar-refractivity contribution is 5.94. The summed E-state index contributed by atoms with van der Waals surface area (Å²) in [5.74, 6) is 10.1. The zero-order valence-electron chi connectivity index (χ0n) is 41.8. The summed E-state index contributed by atoms with van der Waals surface area (Å²) in [6.07, 6.45) is 11.9. The molecule has 3 fully saturated rings. The first-order chi connectivity index (χ1) is 31.4. The van der Waals surface area contributed by atoms with Gasteiger partial charge in [-0.2, -0.15) is 0 Å².